The molecule has 1 aromatic carbocycles. The number of amides is 3. The third-order valence-corrected chi connectivity index (χ3v) is 6.67. The number of benzene rings is 1. The first-order chi connectivity index (χ1) is 12.8. The van der Waals surface area contributed by atoms with Gasteiger partial charge in [0.25, 0.3) is 0 Å². The summed E-state index contributed by atoms with van der Waals surface area (Å²) in [7, 11) is -3.02. The average molecular weight is 393 g/mol. The molecule has 3 rings (SSSR count). The number of sulfone groups is 1. The lowest BCUT2D eigenvalue weighted by Gasteiger charge is -2.16. The van der Waals surface area contributed by atoms with Gasteiger partial charge in [-0.15, -0.1) is 0 Å². The molecule has 2 aliphatic rings. The van der Waals surface area contributed by atoms with Crippen molar-refractivity contribution in [3.63, 3.8) is 0 Å². The number of carbonyl (C=O) groups excluding carboxylic acids is 3. The molecule has 0 saturated carbocycles. The lowest BCUT2D eigenvalue weighted by molar-refractivity contribution is -0.129. The monoisotopic (exact) mass is 393 g/mol. The van der Waals surface area contributed by atoms with Gasteiger partial charge in [-0.05, 0) is 36.5 Å². The number of nitrogens with one attached hydrogen (secondary N) is 2. The molecule has 146 valence electrons. The van der Waals surface area contributed by atoms with Gasteiger partial charge in [0.2, 0.25) is 17.7 Å². The number of hydrazine groups is 1. The maximum absolute atomic E-state index is 12.0. The standard InChI is InChI=1S/C18H23N3O5S/c22-16(19-20-17(23)11-14-7-9-27(25,26)12-14)10-13-3-5-15(6-4-13)21-8-1-2-18(21)24/h3-6,14H,1-2,7-12H2,(H,19,22)(H,20,23)/t14-/m0/s1. The Labute approximate surface area is 158 Å². The van der Waals surface area contributed by atoms with Crippen molar-refractivity contribution in [2.75, 3.05) is 23.0 Å². The number of hydrogen-bond donors (Lipinski definition) is 2. The van der Waals surface area contributed by atoms with Crippen LogP contribution in [0.1, 0.15) is 31.2 Å². The van der Waals surface area contributed by atoms with Crippen molar-refractivity contribution >= 4 is 33.2 Å². The van der Waals surface area contributed by atoms with Crippen LogP contribution in [-0.2, 0) is 30.6 Å². The summed E-state index contributed by atoms with van der Waals surface area (Å²) in [6, 6.07) is 7.19. The van der Waals surface area contributed by atoms with Crippen molar-refractivity contribution in [2.45, 2.75) is 32.1 Å². The molecular weight excluding hydrogens is 370 g/mol. The zero-order valence-corrected chi connectivity index (χ0v) is 15.8. The average Bonchev–Trinajstić information content (AvgIpc) is 3.19. The lowest BCUT2D eigenvalue weighted by atomic mass is 10.1. The second-order valence-corrected chi connectivity index (χ2v) is 9.29. The quantitative estimate of drug-likeness (QED) is 0.700. The molecule has 0 radical (unpaired) electrons. The molecule has 2 N–H and O–H groups in total. The number of hydrogen-bond acceptors (Lipinski definition) is 5. The first kappa shape index (κ1) is 19.3. The van der Waals surface area contributed by atoms with E-state index in [9.17, 15) is 22.8 Å². The summed E-state index contributed by atoms with van der Waals surface area (Å²) < 4.78 is 22.8. The van der Waals surface area contributed by atoms with E-state index in [1.165, 1.54) is 0 Å². The van der Waals surface area contributed by atoms with Crippen LogP contribution in [0.3, 0.4) is 0 Å². The minimum Gasteiger partial charge on any atom is -0.312 e. The van der Waals surface area contributed by atoms with Gasteiger partial charge in [0.1, 0.15) is 0 Å². The minimum atomic E-state index is -3.02. The molecule has 3 amide bonds. The zero-order valence-electron chi connectivity index (χ0n) is 14.9. The van der Waals surface area contributed by atoms with Gasteiger partial charge in [0.15, 0.2) is 9.84 Å². The molecule has 8 nitrogen and oxygen atoms in total. The lowest BCUT2D eigenvalue weighted by Crippen LogP contribution is -2.43. The van der Waals surface area contributed by atoms with Crippen LogP contribution in [0.2, 0.25) is 0 Å². The van der Waals surface area contributed by atoms with Gasteiger partial charge in [-0.2, -0.15) is 0 Å². The Bertz CT molecular complexity index is 835. The van der Waals surface area contributed by atoms with Gasteiger partial charge >= 0.3 is 0 Å². The van der Waals surface area contributed by atoms with Crippen molar-refractivity contribution in [1.82, 2.24) is 10.9 Å². The molecule has 2 fully saturated rings. The van der Waals surface area contributed by atoms with Gasteiger partial charge in [-0.1, -0.05) is 12.1 Å². The fourth-order valence-electron chi connectivity index (χ4n) is 3.43. The van der Waals surface area contributed by atoms with Crippen LogP contribution >= 0.6 is 0 Å². The van der Waals surface area contributed by atoms with E-state index in [-0.39, 0.29) is 42.1 Å². The highest BCUT2D eigenvalue weighted by Crippen LogP contribution is 2.22. The second kappa shape index (κ2) is 8.08. The highest BCUT2D eigenvalue weighted by Gasteiger charge is 2.29. The van der Waals surface area contributed by atoms with Crippen LogP contribution in [0.5, 0.6) is 0 Å². The summed E-state index contributed by atoms with van der Waals surface area (Å²) in [5, 5.41) is 0. The van der Waals surface area contributed by atoms with E-state index in [2.05, 4.69) is 10.9 Å². The number of nitrogens with zero attached hydrogens (tertiary/aromatic N) is 1. The molecule has 27 heavy (non-hydrogen) atoms. The Balaban J connectivity index is 1.42. The molecule has 0 aliphatic carbocycles. The van der Waals surface area contributed by atoms with E-state index >= 15 is 0 Å². The molecule has 1 aromatic rings. The van der Waals surface area contributed by atoms with Crippen LogP contribution in [0.4, 0.5) is 5.69 Å². The van der Waals surface area contributed by atoms with Crippen LogP contribution in [-0.4, -0.2) is 44.2 Å². The molecule has 2 saturated heterocycles. The van der Waals surface area contributed by atoms with Crippen molar-refractivity contribution in [3.8, 4) is 0 Å². The minimum absolute atomic E-state index is 0.0280. The van der Waals surface area contributed by atoms with E-state index in [0.29, 0.717) is 19.4 Å². The summed E-state index contributed by atoms with van der Waals surface area (Å²) in [4.78, 5) is 37.3. The van der Waals surface area contributed by atoms with E-state index in [1.54, 1.807) is 17.0 Å². The number of anilines is 1. The summed E-state index contributed by atoms with van der Waals surface area (Å²) in [5.41, 5.74) is 6.27. The van der Waals surface area contributed by atoms with Gasteiger partial charge in [0.05, 0.1) is 17.9 Å². The van der Waals surface area contributed by atoms with E-state index in [4.69, 9.17) is 0 Å². The largest absolute Gasteiger partial charge is 0.312 e. The third kappa shape index (κ3) is 5.29. The molecule has 0 spiro atoms. The van der Waals surface area contributed by atoms with Crippen molar-refractivity contribution in [3.05, 3.63) is 29.8 Å². The molecule has 9 heteroatoms. The van der Waals surface area contributed by atoms with Crippen LogP contribution in [0, 0.1) is 5.92 Å². The molecule has 0 aromatic heterocycles. The highest BCUT2D eigenvalue weighted by molar-refractivity contribution is 7.91. The predicted molar refractivity (Wildman–Crippen MR) is 99.4 cm³/mol. The maximum atomic E-state index is 12.0. The Morgan fingerprint density at radius 1 is 1.11 bits per heavy atom. The van der Waals surface area contributed by atoms with Crippen molar-refractivity contribution in [2.24, 2.45) is 5.92 Å². The second-order valence-electron chi connectivity index (χ2n) is 7.06. The zero-order chi connectivity index (χ0) is 19.4. The van der Waals surface area contributed by atoms with Crippen LogP contribution < -0.4 is 15.8 Å². The Kier molecular flexibility index (Phi) is 5.79. The third-order valence-electron chi connectivity index (χ3n) is 4.83. The fraction of sp³-hybridized carbons (Fsp3) is 0.500. The highest BCUT2D eigenvalue weighted by atomic mass is 32.2. The Morgan fingerprint density at radius 2 is 1.81 bits per heavy atom. The summed E-state index contributed by atoms with van der Waals surface area (Å²) in [6.07, 6.45) is 2.08. The SMILES string of the molecule is O=C(Cc1ccc(N2CCCC2=O)cc1)NNC(=O)C[C@@H]1CCS(=O)(=O)C1. The Morgan fingerprint density at radius 3 is 2.41 bits per heavy atom. The van der Waals surface area contributed by atoms with E-state index in [1.807, 2.05) is 12.1 Å². The van der Waals surface area contributed by atoms with E-state index in [0.717, 1.165) is 17.7 Å². The molecular formula is C18H23N3O5S. The maximum Gasteiger partial charge on any atom is 0.242 e. The summed E-state index contributed by atoms with van der Waals surface area (Å²) in [5.74, 6) is -0.692. The first-order valence-electron chi connectivity index (χ1n) is 9.00. The molecule has 0 bridgehead atoms. The first-order valence-corrected chi connectivity index (χ1v) is 10.8. The van der Waals surface area contributed by atoms with E-state index < -0.39 is 15.7 Å². The van der Waals surface area contributed by atoms with Gasteiger partial charge in [-0.3, -0.25) is 25.2 Å². The number of carbonyl (C=O) groups is 3. The molecule has 2 aliphatic heterocycles. The van der Waals surface area contributed by atoms with Gasteiger partial charge < -0.3 is 4.90 Å². The summed E-state index contributed by atoms with van der Waals surface area (Å²) >= 11 is 0. The molecule has 0 unspecified atom stereocenters. The molecule has 2 heterocycles. The smallest absolute Gasteiger partial charge is 0.242 e. The van der Waals surface area contributed by atoms with Gasteiger partial charge in [-0.25, -0.2) is 8.42 Å². The van der Waals surface area contributed by atoms with Gasteiger partial charge in [0, 0.05) is 25.1 Å². The summed E-state index contributed by atoms with van der Waals surface area (Å²) in [6.45, 7) is 0.715. The number of rotatable bonds is 5. The Hall–Kier alpha value is -2.42. The van der Waals surface area contributed by atoms with Crippen molar-refractivity contribution < 1.29 is 22.8 Å². The topological polar surface area (TPSA) is 113 Å². The van der Waals surface area contributed by atoms with Crippen LogP contribution in [0.15, 0.2) is 24.3 Å². The normalized spacial score (nSPS) is 21.3. The molecule has 1 atom stereocenters. The predicted octanol–water partition coefficient (Wildman–Crippen LogP) is 0.328. The van der Waals surface area contributed by atoms with Crippen molar-refractivity contribution in [1.29, 1.82) is 0 Å². The fourth-order valence-corrected chi connectivity index (χ4v) is 5.29. The van der Waals surface area contributed by atoms with Crippen LogP contribution in [0.25, 0.3) is 0 Å².